The first kappa shape index (κ1) is 17.0. The smallest absolute Gasteiger partial charge is 0.168 e. The van der Waals surface area contributed by atoms with Crippen molar-refractivity contribution < 1.29 is 4.43 Å². The average Bonchev–Trinajstić information content (AvgIpc) is 3.19. The molecule has 2 rings (SSSR count). The molecule has 21 heavy (non-hydrogen) atoms. The van der Waals surface area contributed by atoms with Gasteiger partial charge < -0.3 is 9.74 Å². The first-order chi connectivity index (χ1) is 9.67. The summed E-state index contributed by atoms with van der Waals surface area (Å²) in [5.74, 6) is 0. The van der Waals surface area contributed by atoms with E-state index in [9.17, 15) is 0 Å². The molecule has 1 N–H and O–H groups in total. The van der Waals surface area contributed by atoms with Crippen molar-refractivity contribution in [3.8, 4) is 0 Å². The van der Waals surface area contributed by atoms with Crippen LogP contribution in [0.5, 0.6) is 0 Å². The normalized spacial score (nSPS) is 16.9. The maximum absolute atomic E-state index is 6.42. The van der Waals surface area contributed by atoms with Crippen molar-refractivity contribution in [2.45, 2.75) is 70.7 Å². The van der Waals surface area contributed by atoms with Gasteiger partial charge >= 0.3 is 0 Å². The molecule has 1 aliphatic rings. The molecule has 2 nitrogen and oxygen atoms in total. The summed E-state index contributed by atoms with van der Waals surface area (Å²) in [6.45, 7) is 11.9. The molecule has 1 fully saturated rings. The third kappa shape index (κ3) is 5.40. The van der Waals surface area contributed by atoms with Crippen molar-refractivity contribution in [2.24, 2.45) is 0 Å². The SMILES string of the molecule is CC(C)(C)[SiH2]OC(C)(C)c1cc(CNC2CC2)ccc1Cl. The molecule has 1 aromatic rings. The number of halogens is 1. The molecule has 0 spiro atoms. The van der Waals surface area contributed by atoms with Crippen LogP contribution in [0.2, 0.25) is 10.1 Å². The highest BCUT2D eigenvalue weighted by Gasteiger charge is 2.27. The van der Waals surface area contributed by atoms with Crippen LogP contribution >= 0.6 is 11.6 Å². The fourth-order valence-electron chi connectivity index (χ4n) is 2.17. The standard InChI is InChI=1S/C17H28ClNOSi/c1-16(2,3)21-20-17(4,5)14-10-12(6-9-15(14)18)11-19-13-7-8-13/h6,9-10,13,19H,7-8,11,21H2,1-5H3. The molecule has 118 valence electrons. The lowest BCUT2D eigenvalue weighted by atomic mass is 9.96. The first-order valence-electron chi connectivity index (χ1n) is 7.84. The van der Waals surface area contributed by atoms with E-state index >= 15 is 0 Å². The number of hydrogen-bond acceptors (Lipinski definition) is 2. The van der Waals surface area contributed by atoms with Crippen LogP contribution < -0.4 is 5.32 Å². The van der Waals surface area contributed by atoms with Crippen LogP contribution in [0, 0.1) is 0 Å². The van der Waals surface area contributed by atoms with Crippen LogP contribution in [0.3, 0.4) is 0 Å². The van der Waals surface area contributed by atoms with Crippen molar-refractivity contribution in [3.63, 3.8) is 0 Å². The number of nitrogens with one attached hydrogen (secondary N) is 1. The Kier molecular flexibility index (Phi) is 5.19. The highest BCUT2D eigenvalue weighted by Crippen LogP contribution is 2.34. The molecule has 4 heteroatoms. The van der Waals surface area contributed by atoms with Crippen LogP contribution in [-0.4, -0.2) is 15.8 Å². The van der Waals surface area contributed by atoms with E-state index < -0.39 is 9.76 Å². The summed E-state index contributed by atoms with van der Waals surface area (Å²) < 4.78 is 6.29. The maximum atomic E-state index is 6.42. The monoisotopic (exact) mass is 325 g/mol. The second-order valence-electron chi connectivity index (χ2n) is 7.83. The van der Waals surface area contributed by atoms with E-state index in [-0.39, 0.29) is 10.6 Å². The Morgan fingerprint density at radius 3 is 2.48 bits per heavy atom. The predicted octanol–water partition coefficient (Wildman–Crippen LogP) is 4.15. The van der Waals surface area contributed by atoms with Gasteiger partial charge in [-0.15, -0.1) is 0 Å². The third-order valence-electron chi connectivity index (χ3n) is 3.72. The summed E-state index contributed by atoms with van der Waals surface area (Å²) in [4.78, 5) is 0. The molecule has 0 aromatic heterocycles. The van der Waals surface area contributed by atoms with E-state index in [1.807, 2.05) is 6.07 Å². The minimum Gasteiger partial charge on any atom is -0.414 e. The highest BCUT2D eigenvalue weighted by molar-refractivity contribution is 6.32. The molecular formula is C17H28ClNOSi. The van der Waals surface area contributed by atoms with Crippen LogP contribution in [0.4, 0.5) is 0 Å². The zero-order valence-electron chi connectivity index (χ0n) is 13.9. The Bertz CT molecular complexity index is 492. The van der Waals surface area contributed by atoms with Gasteiger partial charge in [0, 0.05) is 23.2 Å². The Morgan fingerprint density at radius 1 is 1.24 bits per heavy atom. The second kappa shape index (κ2) is 6.41. The van der Waals surface area contributed by atoms with Gasteiger partial charge in [0.1, 0.15) is 0 Å². The minimum atomic E-state index is -0.615. The van der Waals surface area contributed by atoms with Gasteiger partial charge in [-0.2, -0.15) is 0 Å². The van der Waals surface area contributed by atoms with Gasteiger partial charge in [-0.05, 0) is 43.4 Å². The van der Waals surface area contributed by atoms with Crippen LogP contribution in [0.15, 0.2) is 18.2 Å². The molecule has 0 unspecified atom stereocenters. The lowest BCUT2D eigenvalue weighted by molar-refractivity contribution is 0.109. The Balaban J connectivity index is 2.09. The largest absolute Gasteiger partial charge is 0.414 e. The molecule has 0 aliphatic heterocycles. The molecular weight excluding hydrogens is 298 g/mol. The lowest BCUT2D eigenvalue weighted by Gasteiger charge is -2.31. The molecule has 0 radical (unpaired) electrons. The molecule has 1 aliphatic carbocycles. The molecule has 1 saturated carbocycles. The summed E-state index contributed by atoms with van der Waals surface area (Å²) in [6, 6.07) is 7.04. The Morgan fingerprint density at radius 2 is 1.90 bits per heavy atom. The van der Waals surface area contributed by atoms with E-state index in [0.717, 1.165) is 23.2 Å². The maximum Gasteiger partial charge on any atom is 0.168 e. The summed E-state index contributed by atoms with van der Waals surface area (Å²) in [5, 5.41) is 4.64. The molecule has 0 atom stereocenters. The number of rotatable bonds is 6. The van der Waals surface area contributed by atoms with Crippen molar-refractivity contribution in [3.05, 3.63) is 34.3 Å². The Hall–Kier alpha value is -0.353. The third-order valence-corrected chi connectivity index (χ3v) is 5.78. The van der Waals surface area contributed by atoms with Gasteiger partial charge in [0.2, 0.25) is 0 Å². The van der Waals surface area contributed by atoms with E-state index in [1.54, 1.807) is 0 Å². The van der Waals surface area contributed by atoms with E-state index in [0.29, 0.717) is 0 Å². The van der Waals surface area contributed by atoms with Gasteiger partial charge in [-0.25, -0.2) is 0 Å². The van der Waals surface area contributed by atoms with Crippen LogP contribution in [-0.2, 0) is 16.6 Å². The predicted molar refractivity (Wildman–Crippen MR) is 93.7 cm³/mol. The van der Waals surface area contributed by atoms with Gasteiger partial charge in [0.25, 0.3) is 0 Å². The van der Waals surface area contributed by atoms with Gasteiger partial charge in [0.05, 0.1) is 5.60 Å². The van der Waals surface area contributed by atoms with E-state index in [2.05, 4.69) is 52.1 Å². The quantitative estimate of drug-likeness (QED) is 0.793. The first-order valence-corrected chi connectivity index (χ1v) is 9.50. The fraction of sp³-hybridized carbons (Fsp3) is 0.647. The van der Waals surface area contributed by atoms with Gasteiger partial charge in [-0.3, -0.25) is 0 Å². The van der Waals surface area contributed by atoms with Crippen LogP contribution in [0.1, 0.15) is 58.6 Å². The Labute approximate surface area is 136 Å². The number of hydrogen-bond donors (Lipinski definition) is 1. The topological polar surface area (TPSA) is 21.3 Å². The summed E-state index contributed by atoms with van der Waals surface area (Å²) in [7, 11) is -0.615. The molecule has 0 saturated heterocycles. The molecule has 0 bridgehead atoms. The van der Waals surface area contributed by atoms with E-state index in [1.165, 1.54) is 18.4 Å². The summed E-state index contributed by atoms with van der Waals surface area (Å²) >= 11 is 6.42. The fourth-order valence-corrected chi connectivity index (χ4v) is 3.46. The summed E-state index contributed by atoms with van der Waals surface area (Å²) in [5.41, 5.74) is 2.08. The second-order valence-corrected chi connectivity index (χ2v) is 10.9. The molecule has 0 amide bonds. The minimum absolute atomic E-state index is 0.287. The van der Waals surface area contributed by atoms with Crippen molar-refractivity contribution in [2.75, 3.05) is 0 Å². The average molecular weight is 326 g/mol. The van der Waals surface area contributed by atoms with E-state index in [4.69, 9.17) is 16.0 Å². The van der Waals surface area contributed by atoms with Gasteiger partial charge in [0.15, 0.2) is 9.76 Å². The van der Waals surface area contributed by atoms with Crippen molar-refractivity contribution in [1.82, 2.24) is 5.32 Å². The van der Waals surface area contributed by atoms with Crippen molar-refractivity contribution >= 4 is 21.4 Å². The molecule has 1 aromatic carbocycles. The van der Waals surface area contributed by atoms with Crippen molar-refractivity contribution in [1.29, 1.82) is 0 Å². The van der Waals surface area contributed by atoms with Gasteiger partial charge in [-0.1, -0.05) is 44.5 Å². The van der Waals surface area contributed by atoms with Crippen LogP contribution in [0.25, 0.3) is 0 Å². The number of benzene rings is 1. The highest BCUT2D eigenvalue weighted by atomic mass is 35.5. The summed E-state index contributed by atoms with van der Waals surface area (Å²) in [6.07, 6.45) is 2.62. The lowest BCUT2D eigenvalue weighted by Crippen LogP contribution is -2.28. The zero-order chi connectivity index (χ0) is 15.7. The zero-order valence-corrected chi connectivity index (χ0v) is 16.1. The molecule has 0 heterocycles.